The zero-order valence-corrected chi connectivity index (χ0v) is 18.0. The molecule has 0 saturated carbocycles. The molecular formula is C23H19NO4S2. The minimum absolute atomic E-state index is 0.0223. The van der Waals surface area contributed by atoms with E-state index < -0.39 is 5.63 Å². The van der Waals surface area contributed by atoms with Gasteiger partial charge in [0.15, 0.2) is 0 Å². The van der Waals surface area contributed by atoms with Crippen molar-refractivity contribution in [2.24, 2.45) is 0 Å². The molecular weight excluding hydrogens is 418 g/mol. The van der Waals surface area contributed by atoms with Crippen molar-refractivity contribution in [2.45, 2.75) is 25.7 Å². The zero-order valence-electron chi connectivity index (χ0n) is 16.3. The number of carbonyl (C=O) groups excluding carboxylic acids is 1. The molecule has 30 heavy (non-hydrogen) atoms. The van der Waals surface area contributed by atoms with E-state index in [9.17, 15) is 9.59 Å². The van der Waals surface area contributed by atoms with Crippen molar-refractivity contribution in [3.63, 3.8) is 0 Å². The quantitative estimate of drug-likeness (QED) is 0.328. The maximum Gasteiger partial charge on any atom is 0.341 e. The Morgan fingerprint density at radius 1 is 1.23 bits per heavy atom. The van der Waals surface area contributed by atoms with Crippen molar-refractivity contribution in [1.82, 2.24) is 4.57 Å². The van der Waals surface area contributed by atoms with Gasteiger partial charge in [-0.3, -0.25) is 0 Å². The number of esters is 1. The molecule has 0 amide bonds. The van der Waals surface area contributed by atoms with E-state index in [1.54, 1.807) is 11.3 Å². The Labute approximate surface area is 181 Å². The van der Waals surface area contributed by atoms with Crippen molar-refractivity contribution in [2.75, 3.05) is 5.75 Å². The molecule has 152 valence electrons. The first-order valence-electron chi connectivity index (χ1n) is 9.66. The van der Waals surface area contributed by atoms with Gasteiger partial charge in [-0.05, 0) is 48.4 Å². The number of benzene rings is 1. The van der Waals surface area contributed by atoms with Crippen LogP contribution in [0.25, 0.3) is 16.0 Å². The van der Waals surface area contributed by atoms with E-state index in [-0.39, 0.29) is 12.6 Å². The Morgan fingerprint density at radius 3 is 2.90 bits per heavy atom. The average Bonchev–Trinajstić information content (AvgIpc) is 3.38. The number of aryl methyl sites for hydroxylation is 1. The summed E-state index contributed by atoms with van der Waals surface area (Å²) in [7, 11) is 0. The molecule has 1 aromatic carbocycles. The summed E-state index contributed by atoms with van der Waals surface area (Å²) in [5.41, 5.74) is 3.45. The van der Waals surface area contributed by atoms with Crippen molar-refractivity contribution in [3.05, 3.63) is 86.3 Å². The van der Waals surface area contributed by atoms with Gasteiger partial charge in [-0.2, -0.15) is 11.8 Å². The Hall–Kier alpha value is -2.77. The van der Waals surface area contributed by atoms with Crippen LogP contribution < -0.4 is 5.63 Å². The third kappa shape index (κ3) is 3.48. The number of thiophene rings is 1. The fourth-order valence-electron chi connectivity index (χ4n) is 3.75. The van der Waals surface area contributed by atoms with Crippen LogP contribution in [0.5, 0.6) is 0 Å². The zero-order chi connectivity index (χ0) is 20.7. The highest BCUT2D eigenvalue weighted by Gasteiger charge is 2.27. The van der Waals surface area contributed by atoms with Gasteiger partial charge in [0.05, 0.1) is 5.56 Å². The van der Waals surface area contributed by atoms with Crippen LogP contribution in [0.4, 0.5) is 0 Å². The average molecular weight is 438 g/mol. The third-order valence-corrected chi connectivity index (χ3v) is 7.60. The molecule has 0 saturated heterocycles. The van der Waals surface area contributed by atoms with Crippen LogP contribution in [-0.4, -0.2) is 16.3 Å². The highest BCUT2D eigenvalue weighted by atomic mass is 32.2. The van der Waals surface area contributed by atoms with Crippen molar-refractivity contribution >= 4 is 40.0 Å². The number of thioether (sulfide) groups is 1. The van der Waals surface area contributed by atoms with Gasteiger partial charge in [0.25, 0.3) is 0 Å². The van der Waals surface area contributed by atoms with E-state index in [0.29, 0.717) is 16.7 Å². The minimum Gasteiger partial charge on any atom is -0.457 e. The van der Waals surface area contributed by atoms with Gasteiger partial charge in [0, 0.05) is 40.0 Å². The molecule has 4 heterocycles. The number of rotatable bonds is 4. The third-order valence-electron chi connectivity index (χ3n) is 5.19. The van der Waals surface area contributed by atoms with Crippen LogP contribution in [0.1, 0.15) is 31.9 Å². The number of ether oxygens (including phenoxy) is 1. The summed E-state index contributed by atoms with van der Waals surface area (Å²) in [5, 5.41) is 1.67. The highest BCUT2D eigenvalue weighted by molar-refractivity contribution is 7.98. The second kappa shape index (κ2) is 7.81. The number of fused-ring (bicyclic) bond motifs is 2. The number of carbonyl (C=O) groups is 1. The molecule has 4 aromatic rings. The van der Waals surface area contributed by atoms with Gasteiger partial charge in [0.2, 0.25) is 0 Å². The SMILES string of the molecule is Cc1ccc2c(COC(=O)c3c(-n4cccc4)sc4c3CCSC4)cc(=O)oc2c1. The first-order chi connectivity index (χ1) is 14.6. The van der Waals surface area contributed by atoms with Crippen molar-refractivity contribution in [1.29, 1.82) is 0 Å². The second-order valence-corrected chi connectivity index (χ2v) is 9.43. The highest BCUT2D eigenvalue weighted by Crippen LogP contribution is 2.38. The van der Waals surface area contributed by atoms with Crippen molar-refractivity contribution in [3.8, 4) is 5.00 Å². The van der Waals surface area contributed by atoms with E-state index in [0.717, 1.165) is 39.4 Å². The molecule has 1 aliphatic heterocycles. The van der Waals surface area contributed by atoms with E-state index in [4.69, 9.17) is 9.15 Å². The largest absolute Gasteiger partial charge is 0.457 e. The fraction of sp³-hybridized carbons (Fsp3) is 0.217. The number of nitrogens with zero attached hydrogens (tertiary/aromatic N) is 1. The Bertz CT molecular complexity index is 1300. The molecule has 1 aliphatic rings. The van der Waals surface area contributed by atoms with E-state index >= 15 is 0 Å². The standard InChI is InChI=1S/C23H19NO4S2/c1-14-4-5-16-15(11-20(25)28-18(16)10-14)12-27-23(26)21-17-6-9-29-13-19(17)30-22(21)24-7-2-3-8-24/h2-5,7-8,10-11H,6,9,12-13H2,1H3. The molecule has 7 heteroatoms. The number of hydrogen-bond donors (Lipinski definition) is 0. The lowest BCUT2D eigenvalue weighted by Gasteiger charge is -2.13. The molecule has 0 fully saturated rings. The normalized spacial score (nSPS) is 13.4. The monoisotopic (exact) mass is 437 g/mol. The molecule has 0 bridgehead atoms. The minimum atomic E-state index is -0.447. The fourth-order valence-corrected chi connectivity index (χ4v) is 6.19. The molecule has 0 unspecified atom stereocenters. The summed E-state index contributed by atoms with van der Waals surface area (Å²) in [5.74, 6) is 1.57. The molecule has 5 nitrogen and oxygen atoms in total. The Morgan fingerprint density at radius 2 is 2.07 bits per heavy atom. The summed E-state index contributed by atoms with van der Waals surface area (Å²) < 4.78 is 13.0. The number of aromatic nitrogens is 1. The lowest BCUT2D eigenvalue weighted by atomic mass is 10.1. The van der Waals surface area contributed by atoms with Gasteiger partial charge in [0.1, 0.15) is 17.2 Å². The van der Waals surface area contributed by atoms with Gasteiger partial charge >= 0.3 is 11.6 Å². The van der Waals surface area contributed by atoms with Crippen LogP contribution in [0.2, 0.25) is 0 Å². The van der Waals surface area contributed by atoms with Gasteiger partial charge in [-0.25, -0.2) is 9.59 Å². The lowest BCUT2D eigenvalue weighted by Crippen LogP contribution is -2.13. The van der Waals surface area contributed by atoms with Crippen LogP contribution in [0.15, 0.2) is 58.0 Å². The summed E-state index contributed by atoms with van der Waals surface area (Å²) in [6.07, 6.45) is 4.75. The van der Waals surface area contributed by atoms with E-state index in [2.05, 4.69) is 0 Å². The smallest absolute Gasteiger partial charge is 0.341 e. The predicted molar refractivity (Wildman–Crippen MR) is 120 cm³/mol. The predicted octanol–water partition coefficient (Wildman–Crippen LogP) is 5.10. The summed E-state index contributed by atoms with van der Waals surface area (Å²) in [4.78, 5) is 26.4. The van der Waals surface area contributed by atoms with E-state index in [1.807, 2.05) is 66.0 Å². The molecule has 5 rings (SSSR count). The number of hydrogen-bond acceptors (Lipinski definition) is 6. The topological polar surface area (TPSA) is 61.4 Å². The van der Waals surface area contributed by atoms with Crippen LogP contribution in [-0.2, 0) is 23.5 Å². The molecule has 0 aliphatic carbocycles. The van der Waals surface area contributed by atoms with E-state index in [1.165, 1.54) is 10.9 Å². The molecule has 0 radical (unpaired) electrons. The van der Waals surface area contributed by atoms with Gasteiger partial charge in [-0.1, -0.05) is 12.1 Å². The molecule has 0 spiro atoms. The van der Waals surface area contributed by atoms with Crippen LogP contribution in [0.3, 0.4) is 0 Å². The summed E-state index contributed by atoms with van der Waals surface area (Å²) in [6.45, 7) is 1.96. The lowest BCUT2D eigenvalue weighted by molar-refractivity contribution is 0.0473. The first-order valence-corrected chi connectivity index (χ1v) is 11.6. The first kappa shape index (κ1) is 19.2. The maximum absolute atomic E-state index is 13.2. The molecule has 3 aromatic heterocycles. The molecule has 0 atom stereocenters. The van der Waals surface area contributed by atoms with Crippen LogP contribution in [0, 0.1) is 6.92 Å². The Balaban J connectivity index is 1.49. The maximum atomic E-state index is 13.2. The molecule has 0 N–H and O–H groups in total. The van der Waals surface area contributed by atoms with Gasteiger partial charge in [-0.15, -0.1) is 11.3 Å². The second-order valence-electron chi connectivity index (χ2n) is 7.24. The Kier molecular flexibility index (Phi) is 5.00. The summed E-state index contributed by atoms with van der Waals surface area (Å²) >= 11 is 3.54. The summed E-state index contributed by atoms with van der Waals surface area (Å²) in [6, 6.07) is 11.0. The van der Waals surface area contributed by atoms with Crippen LogP contribution >= 0.6 is 23.1 Å². The van der Waals surface area contributed by atoms with Gasteiger partial charge < -0.3 is 13.7 Å². The van der Waals surface area contributed by atoms with Crippen molar-refractivity contribution < 1.29 is 13.9 Å².